The van der Waals surface area contributed by atoms with Crippen LogP contribution in [-0.4, -0.2) is 90.5 Å². The lowest BCUT2D eigenvalue weighted by Gasteiger charge is -2.47. The van der Waals surface area contributed by atoms with Gasteiger partial charge in [0, 0.05) is 61.6 Å². The van der Waals surface area contributed by atoms with E-state index in [0.29, 0.717) is 25.1 Å². The summed E-state index contributed by atoms with van der Waals surface area (Å²) in [4.78, 5) is 22.7. The third-order valence-corrected chi connectivity index (χ3v) is 10.3. The highest BCUT2D eigenvalue weighted by Gasteiger charge is 2.36. The van der Waals surface area contributed by atoms with Gasteiger partial charge in [-0.05, 0) is 106 Å². The molecule has 0 aliphatic carbocycles. The molecular formula is C43H52N8O4. The summed E-state index contributed by atoms with van der Waals surface area (Å²) in [5.41, 5.74) is 5.13. The summed E-state index contributed by atoms with van der Waals surface area (Å²) in [7, 11) is 3.35. The maximum Gasteiger partial charge on any atom is 0.244 e. The van der Waals surface area contributed by atoms with Crippen molar-refractivity contribution in [2.75, 3.05) is 63.6 Å². The van der Waals surface area contributed by atoms with Gasteiger partial charge in [-0.25, -0.2) is 30.0 Å². The molecule has 4 heterocycles. The molecule has 2 fully saturated rings. The number of anilines is 2. The molecule has 2 aliphatic rings. The Kier molecular flexibility index (Phi) is 12.6. The number of piperidine rings is 2. The Hall–Kier alpha value is -5.46. The predicted octanol–water partition coefficient (Wildman–Crippen LogP) is 7.06. The Balaban J connectivity index is 1.19. The van der Waals surface area contributed by atoms with Crippen molar-refractivity contribution in [1.82, 2.24) is 30.2 Å². The number of nitrogens with zero attached hydrogens (tertiary/aromatic N) is 7. The van der Waals surface area contributed by atoms with Crippen molar-refractivity contribution in [1.29, 1.82) is 0 Å². The summed E-state index contributed by atoms with van der Waals surface area (Å²) in [5.74, 6) is 4.60. The molecule has 55 heavy (non-hydrogen) atoms. The van der Waals surface area contributed by atoms with E-state index in [1.54, 1.807) is 14.2 Å². The van der Waals surface area contributed by atoms with Crippen molar-refractivity contribution in [3.8, 4) is 45.3 Å². The third kappa shape index (κ3) is 9.26. The number of ether oxygens (including phenoxy) is 4. The van der Waals surface area contributed by atoms with E-state index in [2.05, 4.69) is 32.4 Å². The minimum absolute atomic E-state index is 0.122. The molecule has 0 amide bonds. The van der Waals surface area contributed by atoms with Gasteiger partial charge in [-0.3, -0.25) is 4.90 Å². The molecule has 1 N–H and O–H groups in total. The van der Waals surface area contributed by atoms with Crippen LogP contribution < -0.4 is 34.3 Å². The molecular weight excluding hydrogens is 693 g/mol. The van der Waals surface area contributed by atoms with E-state index >= 15 is 0 Å². The lowest BCUT2D eigenvalue weighted by molar-refractivity contribution is 0.196. The molecule has 5 aromatic rings. The van der Waals surface area contributed by atoms with Crippen LogP contribution in [0.5, 0.6) is 23.0 Å². The number of benzene rings is 3. The number of hydrogen-bond donors (Lipinski definition) is 1. The number of hydrogen-bond acceptors (Lipinski definition) is 12. The maximum absolute atomic E-state index is 5.88. The number of methoxy groups -OCH3 is 2. The molecule has 0 radical (unpaired) electrons. The van der Waals surface area contributed by atoms with Crippen LogP contribution in [0, 0.1) is 0 Å². The Bertz CT molecular complexity index is 1910. The van der Waals surface area contributed by atoms with Crippen LogP contribution in [-0.2, 0) is 6.54 Å². The summed E-state index contributed by atoms with van der Waals surface area (Å²) >= 11 is 0. The average molecular weight is 745 g/mol. The monoisotopic (exact) mass is 744 g/mol. The average Bonchev–Trinajstić information content (AvgIpc) is 3.24. The zero-order valence-electron chi connectivity index (χ0n) is 32.4. The molecule has 3 aromatic carbocycles. The second-order valence-corrected chi connectivity index (χ2v) is 13.9. The van der Waals surface area contributed by atoms with Crippen molar-refractivity contribution in [2.24, 2.45) is 0 Å². The standard InChI is InChI=1S/C43H52N8O4/c1-5-54-40-23-31(24-41(25-40)55-6-2)30-49-21-17-37(18-22-49)51(43-47-28-35(29-48-43)33-9-13-39(53-4)14-10-33)50(36-15-19-44-20-16-36)42-45-26-34(27-46-42)32-7-11-38(52-3)12-8-32/h7-14,23-29,36-37,44H,5-6,15-22,30H2,1-4H3. The molecule has 288 valence electrons. The van der Waals surface area contributed by atoms with E-state index in [0.717, 1.165) is 104 Å². The second-order valence-electron chi connectivity index (χ2n) is 13.9. The minimum atomic E-state index is 0.122. The molecule has 0 bridgehead atoms. The van der Waals surface area contributed by atoms with Crippen LogP contribution in [0.25, 0.3) is 22.3 Å². The van der Waals surface area contributed by atoms with E-state index in [1.807, 2.05) is 93.2 Å². The van der Waals surface area contributed by atoms with Gasteiger partial charge in [-0.1, -0.05) is 24.3 Å². The van der Waals surface area contributed by atoms with Gasteiger partial charge in [0.25, 0.3) is 0 Å². The highest BCUT2D eigenvalue weighted by molar-refractivity contribution is 5.65. The summed E-state index contributed by atoms with van der Waals surface area (Å²) in [6.45, 7) is 9.70. The lowest BCUT2D eigenvalue weighted by Crippen LogP contribution is -2.59. The van der Waals surface area contributed by atoms with Crippen LogP contribution in [0.1, 0.15) is 45.1 Å². The molecule has 12 nitrogen and oxygen atoms in total. The Labute approximate surface area is 324 Å². The molecule has 2 aliphatic heterocycles. The van der Waals surface area contributed by atoms with Crippen molar-refractivity contribution < 1.29 is 18.9 Å². The van der Waals surface area contributed by atoms with Gasteiger partial charge >= 0.3 is 0 Å². The van der Waals surface area contributed by atoms with Crippen molar-refractivity contribution in [3.63, 3.8) is 0 Å². The predicted molar refractivity (Wildman–Crippen MR) is 216 cm³/mol. The lowest BCUT2D eigenvalue weighted by atomic mass is 10.0. The smallest absolute Gasteiger partial charge is 0.244 e. The van der Waals surface area contributed by atoms with Crippen LogP contribution in [0.3, 0.4) is 0 Å². The second kappa shape index (κ2) is 18.2. The number of nitrogens with one attached hydrogen (secondary N) is 1. The van der Waals surface area contributed by atoms with E-state index in [1.165, 1.54) is 5.56 Å². The summed E-state index contributed by atoms with van der Waals surface area (Å²) < 4.78 is 22.5. The van der Waals surface area contributed by atoms with Gasteiger partial charge in [0.2, 0.25) is 11.9 Å². The maximum atomic E-state index is 5.88. The normalized spacial score (nSPS) is 15.3. The number of hydrazine groups is 1. The molecule has 2 saturated heterocycles. The quantitative estimate of drug-likeness (QED) is 0.111. The molecule has 0 spiro atoms. The van der Waals surface area contributed by atoms with E-state index < -0.39 is 0 Å². The van der Waals surface area contributed by atoms with Crippen LogP contribution in [0.15, 0.2) is 91.5 Å². The summed E-state index contributed by atoms with van der Waals surface area (Å²) in [6.07, 6.45) is 11.4. The van der Waals surface area contributed by atoms with Crippen molar-refractivity contribution in [2.45, 2.75) is 58.2 Å². The Morgan fingerprint density at radius 3 is 1.44 bits per heavy atom. The first-order valence-corrected chi connectivity index (χ1v) is 19.4. The largest absolute Gasteiger partial charge is 0.497 e. The zero-order chi connectivity index (χ0) is 38.0. The Morgan fingerprint density at radius 2 is 1.02 bits per heavy atom. The SMILES string of the molecule is CCOc1cc(CN2CCC(N(c3ncc(-c4ccc(OC)cc4)cn3)N(c3ncc(-c4ccc(OC)cc4)cn3)C3CCNCC3)CC2)cc(OCC)c1. The number of likely N-dealkylation sites (tertiary alicyclic amines) is 1. The zero-order valence-corrected chi connectivity index (χ0v) is 32.4. The van der Waals surface area contributed by atoms with Gasteiger partial charge in [0.1, 0.15) is 23.0 Å². The topological polar surface area (TPSA) is 110 Å². The molecule has 2 aromatic heterocycles. The van der Waals surface area contributed by atoms with Crippen LogP contribution in [0.4, 0.5) is 11.9 Å². The van der Waals surface area contributed by atoms with Gasteiger partial charge < -0.3 is 24.3 Å². The van der Waals surface area contributed by atoms with Crippen LogP contribution >= 0.6 is 0 Å². The van der Waals surface area contributed by atoms with Gasteiger partial charge in [-0.2, -0.15) is 0 Å². The highest BCUT2D eigenvalue weighted by atomic mass is 16.5. The first kappa shape index (κ1) is 37.8. The Morgan fingerprint density at radius 1 is 0.582 bits per heavy atom. The summed E-state index contributed by atoms with van der Waals surface area (Å²) in [5, 5.41) is 8.14. The van der Waals surface area contributed by atoms with Gasteiger partial charge in [0.15, 0.2) is 0 Å². The number of aromatic nitrogens is 4. The fourth-order valence-corrected chi connectivity index (χ4v) is 7.47. The molecule has 0 unspecified atom stereocenters. The minimum Gasteiger partial charge on any atom is -0.497 e. The summed E-state index contributed by atoms with van der Waals surface area (Å²) in [6, 6.07) is 22.5. The highest BCUT2D eigenvalue weighted by Crippen LogP contribution is 2.33. The first-order valence-electron chi connectivity index (χ1n) is 19.4. The van der Waals surface area contributed by atoms with Gasteiger partial charge in [-0.15, -0.1) is 0 Å². The number of rotatable bonds is 15. The third-order valence-electron chi connectivity index (χ3n) is 10.3. The molecule has 0 saturated carbocycles. The molecule has 0 atom stereocenters. The van der Waals surface area contributed by atoms with E-state index in [-0.39, 0.29) is 12.1 Å². The molecule has 12 heteroatoms. The van der Waals surface area contributed by atoms with Gasteiger partial charge in [0.05, 0.1) is 39.5 Å². The van der Waals surface area contributed by atoms with Crippen molar-refractivity contribution in [3.05, 3.63) is 97.1 Å². The first-order chi connectivity index (χ1) is 27.0. The molecule has 7 rings (SSSR count). The van der Waals surface area contributed by atoms with E-state index in [9.17, 15) is 0 Å². The van der Waals surface area contributed by atoms with Crippen LogP contribution in [0.2, 0.25) is 0 Å². The fourth-order valence-electron chi connectivity index (χ4n) is 7.47. The van der Waals surface area contributed by atoms with Crippen molar-refractivity contribution >= 4 is 11.9 Å². The fraction of sp³-hybridized carbons (Fsp3) is 0.395. The van der Waals surface area contributed by atoms with E-state index in [4.69, 9.17) is 38.9 Å².